The van der Waals surface area contributed by atoms with Gasteiger partial charge < -0.3 is 9.64 Å². The molecule has 186 valence electrons. The monoisotopic (exact) mass is 504 g/mol. The van der Waals surface area contributed by atoms with Gasteiger partial charge >= 0.3 is 12.5 Å². The minimum Gasteiger partial charge on any atom is -0.428 e. The molecule has 12 heteroatoms. The zero-order valence-electron chi connectivity index (χ0n) is 18.2. The van der Waals surface area contributed by atoms with Crippen molar-refractivity contribution >= 4 is 15.7 Å². The van der Waals surface area contributed by atoms with E-state index in [1.54, 1.807) is 0 Å². The topological polar surface area (TPSA) is 95.9 Å². The maximum atomic E-state index is 13.4. The second-order valence-electron chi connectivity index (χ2n) is 7.89. The lowest BCUT2D eigenvalue weighted by Crippen LogP contribution is -2.57. The van der Waals surface area contributed by atoms with Gasteiger partial charge in [0.05, 0.1) is 4.90 Å². The quantitative estimate of drug-likeness (QED) is 0.323. The Morgan fingerprint density at radius 2 is 1.59 bits per heavy atom. The Kier molecular flexibility index (Phi) is 7.53. The second-order valence-corrected chi connectivity index (χ2v) is 10.1. The number of nitrogens with zero attached hydrogens (tertiary/aromatic N) is 1. The number of hydroxylamine groups is 1. The molecule has 0 radical (unpaired) electrons. The molecule has 1 aliphatic heterocycles. The van der Waals surface area contributed by atoms with Gasteiger partial charge in [-0.25, -0.2) is 13.9 Å². The molecule has 7 nitrogen and oxygen atoms in total. The van der Waals surface area contributed by atoms with Crippen LogP contribution in [0.2, 0.25) is 0 Å². The summed E-state index contributed by atoms with van der Waals surface area (Å²) in [6.45, 7) is 3.38. The van der Waals surface area contributed by atoms with Crippen molar-refractivity contribution in [1.82, 2.24) is 10.4 Å². The minimum atomic E-state index is -4.62. The van der Waals surface area contributed by atoms with Crippen molar-refractivity contribution in [2.45, 2.75) is 41.9 Å². The summed E-state index contributed by atoms with van der Waals surface area (Å²) < 4.78 is 79.8. The molecule has 2 N–H and O–H groups in total. The van der Waals surface area contributed by atoms with E-state index in [1.807, 2.05) is 11.8 Å². The van der Waals surface area contributed by atoms with Gasteiger partial charge in [-0.15, -0.1) is 0 Å². The average molecular weight is 505 g/mol. The van der Waals surface area contributed by atoms with Crippen LogP contribution < -0.4 is 10.2 Å². The molecule has 0 unspecified atom stereocenters. The zero-order valence-corrected chi connectivity index (χ0v) is 19.0. The van der Waals surface area contributed by atoms with Gasteiger partial charge in [0.15, 0.2) is 14.6 Å². The molecule has 0 atom stereocenters. The molecule has 3 rings (SSSR count). The van der Waals surface area contributed by atoms with E-state index < -0.39 is 38.8 Å². The molecule has 1 fully saturated rings. The van der Waals surface area contributed by atoms with Gasteiger partial charge in [-0.3, -0.25) is 10.0 Å². The predicted molar refractivity (Wildman–Crippen MR) is 115 cm³/mol. The van der Waals surface area contributed by atoms with Gasteiger partial charge in [-0.05, 0) is 54.8 Å². The fourth-order valence-corrected chi connectivity index (χ4v) is 5.87. The van der Waals surface area contributed by atoms with Gasteiger partial charge in [-0.1, -0.05) is 31.2 Å². The lowest BCUT2D eigenvalue weighted by Gasteiger charge is -2.39. The van der Waals surface area contributed by atoms with Gasteiger partial charge in [0.2, 0.25) is 0 Å². The number of benzene rings is 2. The van der Waals surface area contributed by atoms with E-state index in [4.69, 9.17) is 0 Å². The third-order valence-corrected chi connectivity index (χ3v) is 8.52. The summed E-state index contributed by atoms with van der Waals surface area (Å²) >= 11 is 0. The number of piperidine rings is 1. The van der Waals surface area contributed by atoms with Crippen LogP contribution in [-0.4, -0.2) is 61.3 Å². The molecule has 2 aromatic rings. The maximum absolute atomic E-state index is 13.4. The first kappa shape index (κ1) is 25.9. The Bertz CT molecular complexity index is 1100. The van der Waals surface area contributed by atoms with Crippen LogP contribution in [0.15, 0.2) is 53.4 Å². The van der Waals surface area contributed by atoms with E-state index in [2.05, 4.69) is 4.74 Å². The van der Waals surface area contributed by atoms with Gasteiger partial charge in [0.1, 0.15) is 5.75 Å². The molecule has 1 aliphatic rings. The van der Waals surface area contributed by atoms with E-state index in [9.17, 15) is 36.0 Å². The van der Waals surface area contributed by atoms with Crippen LogP contribution in [0, 0.1) is 0 Å². The third kappa shape index (κ3) is 4.89. The number of carbonyl (C=O) groups excluding carboxylic acids is 1. The molecule has 1 amide bonds. The number of nitrogens with one attached hydrogen (secondary N) is 1. The Morgan fingerprint density at radius 3 is 2.03 bits per heavy atom. The van der Waals surface area contributed by atoms with Crippen molar-refractivity contribution in [2.75, 3.05) is 19.6 Å². The molecule has 0 aliphatic carbocycles. The predicted octanol–water partition coefficient (Wildman–Crippen LogP) is 3.72. The number of carbonyl (C=O) groups is 1. The Balaban J connectivity index is 1.84. The standard InChI is InChI=1S/C22H24F4N2O5S/c1-2-28-13-11-21(12-14-28,20(29)27-30)34(31,32)18-9-5-16(6-10-18)15-3-7-17(8-4-15)33-22(25,26)19(23)24/h3-10,19,30H,2,11-14H2,1H3,(H,27,29). The molecule has 34 heavy (non-hydrogen) atoms. The fourth-order valence-electron chi connectivity index (χ4n) is 3.92. The highest BCUT2D eigenvalue weighted by molar-refractivity contribution is 7.93. The van der Waals surface area contributed by atoms with E-state index in [0.29, 0.717) is 30.8 Å². The minimum absolute atomic E-state index is 0.0159. The third-order valence-electron chi connectivity index (χ3n) is 6.00. The van der Waals surface area contributed by atoms with Crippen molar-refractivity contribution < 1.29 is 40.7 Å². The number of rotatable bonds is 8. The lowest BCUT2D eigenvalue weighted by atomic mass is 9.95. The van der Waals surface area contributed by atoms with Gasteiger partial charge in [0.25, 0.3) is 5.91 Å². The molecule has 0 aromatic heterocycles. The average Bonchev–Trinajstić information content (AvgIpc) is 2.83. The normalized spacial score (nSPS) is 16.9. The summed E-state index contributed by atoms with van der Waals surface area (Å²) in [6.07, 6.45) is -8.57. The highest BCUT2D eigenvalue weighted by Crippen LogP contribution is 2.37. The van der Waals surface area contributed by atoms with Crippen LogP contribution in [-0.2, 0) is 14.6 Å². The first-order valence-corrected chi connectivity index (χ1v) is 11.9. The Morgan fingerprint density at radius 1 is 1.09 bits per heavy atom. The SMILES string of the molecule is CCN1CCC(C(=O)NO)(S(=O)(=O)c2ccc(-c3ccc(OC(F)(F)C(F)F)cc3)cc2)CC1. The van der Waals surface area contributed by atoms with Crippen molar-refractivity contribution in [1.29, 1.82) is 0 Å². The number of alkyl halides is 4. The summed E-state index contributed by atoms with van der Waals surface area (Å²) in [6, 6.07) is 10.5. The Labute approximate surface area is 194 Å². The van der Waals surface area contributed by atoms with Crippen LogP contribution >= 0.6 is 0 Å². The van der Waals surface area contributed by atoms with Crippen LogP contribution in [0.3, 0.4) is 0 Å². The summed E-state index contributed by atoms with van der Waals surface area (Å²) in [5, 5.41) is 9.23. The summed E-state index contributed by atoms with van der Waals surface area (Å²) in [5.74, 6) is -1.44. The van der Waals surface area contributed by atoms with Crippen LogP contribution in [0.4, 0.5) is 17.6 Å². The summed E-state index contributed by atoms with van der Waals surface area (Å²) in [7, 11) is -4.17. The Hall–Kier alpha value is -2.70. The molecule has 1 saturated heterocycles. The number of ether oxygens (including phenoxy) is 1. The van der Waals surface area contributed by atoms with E-state index in [1.165, 1.54) is 41.9 Å². The second kappa shape index (κ2) is 9.88. The summed E-state index contributed by atoms with van der Waals surface area (Å²) in [4.78, 5) is 14.4. The summed E-state index contributed by atoms with van der Waals surface area (Å²) in [5.41, 5.74) is 2.52. The molecule has 0 saturated carbocycles. The number of halogens is 4. The molecular formula is C22H24F4N2O5S. The van der Waals surface area contributed by atoms with Crippen LogP contribution in [0.25, 0.3) is 11.1 Å². The number of sulfone groups is 1. The van der Waals surface area contributed by atoms with Gasteiger partial charge in [0, 0.05) is 13.1 Å². The zero-order chi connectivity index (χ0) is 25.1. The van der Waals surface area contributed by atoms with Crippen molar-refractivity contribution in [3.8, 4) is 16.9 Å². The van der Waals surface area contributed by atoms with Crippen LogP contribution in [0.1, 0.15) is 19.8 Å². The number of likely N-dealkylation sites (tertiary alicyclic amines) is 1. The van der Waals surface area contributed by atoms with E-state index in [0.717, 1.165) is 12.1 Å². The first-order valence-electron chi connectivity index (χ1n) is 10.4. The van der Waals surface area contributed by atoms with Crippen molar-refractivity contribution in [3.63, 3.8) is 0 Å². The van der Waals surface area contributed by atoms with Crippen molar-refractivity contribution in [2.24, 2.45) is 0 Å². The maximum Gasteiger partial charge on any atom is 0.461 e. The number of hydrogen-bond donors (Lipinski definition) is 2. The number of hydrogen-bond acceptors (Lipinski definition) is 6. The number of amides is 1. The highest BCUT2D eigenvalue weighted by Gasteiger charge is 2.52. The molecule has 0 bridgehead atoms. The molecule has 1 heterocycles. The van der Waals surface area contributed by atoms with E-state index in [-0.39, 0.29) is 17.7 Å². The fraction of sp³-hybridized carbons (Fsp3) is 0.409. The lowest BCUT2D eigenvalue weighted by molar-refractivity contribution is -0.253. The first-order chi connectivity index (χ1) is 16.0. The molecule has 2 aromatic carbocycles. The molecule has 0 spiro atoms. The van der Waals surface area contributed by atoms with E-state index >= 15 is 0 Å². The largest absolute Gasteiger partial charge is 0.461 e. The molecular weight excluding hydrogens is 480 g/mol. The van der Waals surface area contributed by atoms with Crippen molar-refractivity contribution in [3.05, 3.63) is 48.5 Å². The van der Waals surface area contributed by atoms with Gasteiger partial charge in [-0.2, -0.15) is 17.6 Å². The smallest absolute Gasteiger partial charge is 0.428 e. The highest BCUT2D eigenvalue weighted by atomic mass is 32.2. The van der Waals surface area contributed by atoms with Crippen LogP contribution in [0.5, 0.6) is 5.75 Å².